The highest BCUT2D eigenvalue weighted by atomic mass is 16.6. The van der Waals surface area contributed by atoms with Crippen LogP contribution in [-0.4, -0.2) is 48.2 Å². The number of ether oxygens (including phenoxy) is 2. The lowest BCUT2D eigenvalue weighted by Crippen LogP contribution is -2.42. The summed E-state index contributed by atoms with van der Waals surface area (Å²) in [6.07, 6.45) is 0.904. The van der Waals surface area contributed by atoms with Gasteiger partial charge in [0.25, 0.3) is 5.91 Å². The molecule has 0 spiro atoms. The number of rotatable bonds is 4. The molecule has 0 aromatic heterocycles. The Morgan fingerprint density at radius 1 is 1.26 bits per heavy atom. The van der Waals surface area contributed by atoms with E-state index in [4.69, 9.17) is 9.47 Å². The molecule has 1 saturated heterocycles. The number of amides is 2. The molecular formula is C20H28N2O5. The lowest BCUT2D eigenvalue weighted by atomic mass is 9.97. The van der Waals surface area contributed by atoms with Crippen LogP contribution in [0.25, 0.3) is 0 Å². The van der Waals surface area contributed by atoms with Crippen LogP contribution >= 0.6 is 0 Å². The Morgan fingerprint density at radius 2 is 2.00 bits per heavy atom. The summed E-state index contributed by atoms with van der Waals surface area (Å²) in [5, 5.41) is 2.63. The maximum Gasteiger partial charge on any atom is 0.412 e. The molecule has 1 aliphatic heterocycles. The van der Waals surface area contributed by atoms with Crippen molar-refractivity contribution in [3.63, 3.8) is 0 Å². The Morgan fingerprint density at radius 3 is 2.67 bits per heavy atom. The lowest BCUT2D eigenvalue weighted by Gasteiger charge is -2.31. The minimum absolute atomic E-state index is 0.170. The Balaban J connectivity index is 2.04. The van der Waals surface area contributed by atoms with Gasteiger partial charge >= 0.3 is 12.1 Å². The highest BCUT2D eigenvalue weighted by Gasteiger charge is 2.30. The van der Waals surface area contributed by atoms with E-state index in [1.165, 1.54) is 0 Å². The zero-order chi connectivity index (χ0) is 20.0. The third kappa shape index (κ3) is 6.27. The Hall–Kier alpha value is -2.57. The highest BCUT2D eigenvalue weighted by molar-refractivity contribution is 5.96. The third-order valence-corrected chi connectivity index (χ3v) is 4.08. The predicted octanol–water partition coefficient (Wildman–Crippen LogP) is 3.45. The van der Waals surface area contributed by atoms with E-state index in [0.29, 0.717) is 30.9 Å². The van der Waals surface area contributed by atoms with Crippen molar-refractivity contribution in [2.75, 3.05) is 25.0 Å². The normalized spacial score (nSPS) is 17.2. The summed E-state index contributed by atoms with van der Waals surface area (Å²) in [5.74, 6) is -0.710. The molecule has 0 saturated carbocycles. The molecule has 1 atom stereocenters. The van der Waals surface area contributed by atoms with Crippen LogP contribution in [0.15, 0.2) is 24.3 Å². The first-order valence-electron chi connectivity index (χ1n) is 9.25. The molecule has 0 aliphatic carbocycles. The SMILES string of the molecule is CCOC(=O)[C@H]1CCCN(C(=O)c2cccc(NC(=O)OC(C)(C)C)c2)C1. The lowest BCUT2D eigenvalue weighted by molar-refractivity contribution is -0.149. The fourth-order valence-corrected chi connectivity index (χ4v) is 2.95. The van der Waals surface area contributed by atoms with Crippen molar-refractivity contribution in [2.45, 2.75) is 46.1 Å². The van der Waals surface area contributed by atoms with Gasteiger partial charge in [-0.2, -0.15) is 0 Å². The second-order valence-corrected chi connectivity index (χ2v) is 7.55. The zero-order valence-corrected chi connectivity index (χ0v) is 16.4. The maximum absolute atomic E-state index is 12.8. The maximum atomic E-state index is 12.8. The van der Waals surface area contributed by atoms with Crippen molar-refractivity contribution < 1.29 is 23.9 Å². The van der Waals surface area contributed by atoms with Gasteiger partial charge in [0.1, 0.15) is 5.60 Å². The number of nitrogens with zero attached hydrogens (tertiary/aromatic N) is 1. The Kier molecular flexibility index (Phi) is 6.82. The van der Waals surface area contributed by atoms with Crippen molar-refractivity contribution in [2.24, 2.45) is 5.92 Å². The van der Waals surface area contributed by atoms with Crippen molar-refractivity contribution in [3.8, 4) is 0 Å². The molecule has 0 radical (unpaired) electrons. The van der Waals surface area contributed by atoms with E-state index in [2.05, 4.69) is 5.32 Å². The molecule has 1 aliphatic rings. The van der Waals surface area contributed by atoms with Crippen molar-refractivity contribution in [3.05, 3.63) is 29.8 Å². The predicted molar refractivity (Wildman–Crippen MR) is 102 cm³/mol. The van der Waals surface area contributed by atoms with Crippen LogP contribution < -0.4 is 5.32 Å². The molecule has 1 N–H and O–H groups in total. The number of hydrogen-bond acceptors (Lipinski definition) is 5. The summed E-state index contributed by atoms with van der Waals surface area (Å²) in [4.78, 5) is 38.4. The standard InChI is InChI=1S/C20H28N2O5/c1-5-26-18(24)15-9-7-11-22(13-15)17(23)14-8-6-10-16(12-14)21-19(25)27-20(2,3)4/h6,8,10,12,15H,5,7,9,11,13H2,1-4H3,(H,21,25)/t15-/m0/s1. The summed E-state index contributed by atoms with van der Waals surface area (Å²) in [7, 11) is 0. The largest absolute Gasteiger partial charge is 0.466 e. The van der Waals surface area contributed by atoms with Gasteiger partial charge in [-0.1, -0.05) is 6.07 Å². The number of likely N-dealkylation sites (tertiary alicyclic amines) is 1. The van der Waals surface area contributed by atoms with E-state index in [1.54, 1.807) is 56.9 Å². The minimum Gasteiger partial charge on any atom is -0.466 e. The average Bonchev–Trinajstić information content (AvgIpc) is 2.60. The fourth-order valence-electron chi connectivity index (χ4n) is 2.95. The molecule has 1 aromatic carbocycles. The monoisotopic (exact) mass is 376 g/mol. The smallest absolute Gasteiger partial charge is 0.412 e. The first kappa shape index (κ1) is 20.7. The van der Waals surface area contributed by atoms with Crippen LogP contribution in [-0.2, 0) is 14.3 Å². The number of carbonyl (C=O) groups is 3. The second-order valence-electron chi connectivity index (χ2n) is 7.55. The molecule has 1 heterocycles. The summed E-state index contributed by atoms with van der Waals surface area (Å²) in [5.41, 5.74) is 0.329. The average molecular weight is 376 g/mol. The van der Waals surface area contributed by atoms with Crippen LogP contribution in [0.3, 0.4) is 0 Å². The first-order chi connectivity index (χ1) is 12.7. The number of piperidine rings is 1. The van der Waals surface area contributed by atoms with Gasteiger partial charge < -0.3 is 14.4 Å². The topological polar surface area (TPSA) is 84.9 Å². The minimum atomic E-state index is -0.604. The van der Waals surface area contributed by atoms with Gasteiger partial charge in [0.15, 0.2) is 0 Å². The summed E-state index contributed by atoms with van der Waals surface area (Å²) >= 11 is 0. The van der Waals surface area contributed by atoms with Crippen molar-refractivity contribution in [1.29, 1.82) is 0 Å². The van der Waals surface area contributed by atoms with Crippen LogP contribution in [0, 0.1) is 5.92 Å². The molecule has 1 fully saturated rings. The Bertz CT molecular complexity index is 696. The van der Waals surface area contributed by atoms with E-state index in [0.717, 1.165) is 12.8 Å². The molecular weight excluding hydrogens is 348 g/mol. The van der Waals surface area contributed by atoms with E-state index in [-0.39, 0.29) is 17.8 Å². The van der Waals surface area contributed by atoms with E-state index in [1.807, 2.05) is 0 Å². The molecule has 7 nitrogen and oxygen atoms in total. The molecule has 0 unspecified atom stereocenters. The number of carbonyl (C=O) groups excluding carboxylic acids is 3. The zero-order valence-electron chi connectivity index (χ0n) is 16.4. The summed E-state index contributed by atoms with van der Waals surface area (Å²) in [6.45, 7) is 8.39. The fraction of sp³-hybridized carbons (Fsp3) is 0.550. The van der Waals surface area contributed by atoms with Gasteiger partial charge in [-0.05, 0) is 58.7 Å². The van der Waals surface area contributed by atoms with Gasteiger partial charge in [0.05, 0.1) is 12.5 Å². The number of anilines is 1. The van der Waals surface area contributed by atoms with Gasteiger partial charge in [-0.25, -0.2) is 4.79 Å². The van der Waals surface area contributed by atoms with Crippen LogP contribution in [0.5, 0.6) is 0 Å². The third-order valence-electron chi connectivity index (χ3n) is 4.08. The summed E-state index contributed by atoms with van der Waals surface area (Å²) in [6, 6.07) is 6.70. The van der Waals surface area contributed by atoms with Crippen LogP contribution in [0.2, 0.25) is 0 Å². The van der Waals surface area contributed by atoms with Gasteiger partial charge in [0.2, 0.25) is 0 Å². The number of benzene rings is 1. The second kappa shape index (κ2) is 8.88. The number of hydrogen-bond donors (Lipinski definition) is 1. The van der Waals surface area contributed by atoms with Gasteiger partial charge in [0, 0.05) is 24.3 Å². The molecule has 2 rings (SSSR count). The van der Waals surface area contributed by atoms with E-state index in [9.17, 15) is 14.4 Å². The molecule has 7 heteroatoms. The molecule has 148 valence electrons. The molecule has 2 amide bonds. The molecule has 1 aromatic rings. The van der Waals surface area contributed by atoms with Gasteiger partial charge in [-0.3, -0.25) is 14.9 Å². The number of nitrogens with one attached hydrogen (secondary N) is 1. The van der Waals surface area contributed by atoms with E-state index < -0.39 is 11.7 Å². The van der Waals surface area contributed by atoms with E-state index >= 15 is 0 Å². The number of esters is 1. The Labute approximate surface area is 160 Å². The molecule has 0 bridgehead atoms. The molecule has 27 heavy (non-hydrogen) atoms. The first-order valence-corrected chi connectivity index (χ1v) is 9.25. The van der Waals surface area contributed by atoms with Crippen molar-refractivity contribution in [1.82, 2.24) is 4.90 Å². The highest BCUT2D eigenvalue weighted by Crippen LogP contribution is 2.21. The quantitative estimate of drug-likeness (QED) is 0.814. The summed E-state index contributed by atoms with van der Waals surface area (Å²) < 4.78 is 10.3. The van der Waals surface area contributed by atoms with Crippen LogP contribution in [0.1, 0.15) is 50.9 Å². The van der Waals surface area contributed by atoms with Crippen LogP contribution in [0.4, 0.5) is 10.5 Å². The van der Waals surface area contributed by atoms with Gasteiger partial charge in [-0.15, -0.1) is 0 Å². The van der Waals surface area contributed by atoms with Crippen molar-refractivity contribution >= 4 is 23.7 Å².